The number of aromatic nitrogens is 2. The maximum atomic E-state index is 12.8. The molecule has 0 radical (unpaired) electrons. The van der Waals surface area contributed by atoms with E-state index in [1.54, 1.807) is 13.0 Å². The normalized spacial score (nSPS) is 17.5. The van der Waals surface area contributed by atoms with Gasteiger partial charge in [0, 0.05) is 36.5 Å². The van der Waals surface area contributed by atoms with Crippen LogP contribution in [0.4, 0.5) is 5.82 Å². The van der Waals surface area contributed by atoms with Gasteiger partial charge in [0.25, 0.3) is 5.91 Å². The molecule has 1 saturated heterocycles. The highest BCUT2D eigenvalue weighted by Crippen LogP contribution is 2.38. The number of anilines is 1. The van der Waals surface area contributed by atoms with E-state index in [4.69, 9.17) is 16.6 Å². The third-order valence-electron chi connectivity index (χ3n) is 8.10. The number of hydrogen-bond donors (Lipinski definition) is 1. The number of nitrogens with one attached hydrogen (secondary N) is 1. The average molecular weight is 563 g/mol. The highest BCUT2D eigenvalue weighted by molar-refractivity contribution is 7.98. The number of Topliss-reactive ketones (excluding diaryl/α,β-unsaturated/α-hetero) is 1. The second-order valence-electron chi connectivity index (χ2n) is 10.6. The molecule has 8 heteroatoms. The summed E-state index contributed by atoms with van der Waals surface area (Å²) in [6.45, 7) is 3.13. The second kappa shape index (κ2) is 12.5. The first-order chi connectivity index (χ1) is 18.9. The van der Waals surface area contributed by atoms with Crippen molar-refractivity contribution in [2.24, 2.45) is 0 Å². The minimum Gasteiger partial charge on any atom is -0.356 e. The number of benzene rings is 2. The van der Waals surface area contributed by atoms with Gasteiger partial charge in [0.1, 0.15) is 16.8 Å². The summed E-state index contributed by atoms with van der Waals surface area (Å²) in [6, 6.07) is 19.9. The van der Waals surface area contributed by atoms with E-state index in [0.717, 1.165) is 42.6 Å². The lowest BCUT2D eigenvalue weighted by Crippen LogP contribution is -2.47. The van der Waals surface area contributed by atoms with Crippen LogP contribution in [0.15, 0.2) is 65.8 Å². The molecule has 0 spiro atoms. The van der Waals surface area contributed by atoms with Crippen LogP contribution in [0.1, 0.15) is 73.4 Å². The SMILES string of the molecule is CC(=O)C1(c2ccccc2)CCN(c2cc(Cl)nc(SCc3cccc(C(=O)NC4CCCCC4)c3)n2)CC1. The molecule has 5 rings (SSSR count). The van der Waals surface area contributed by atoms with Gasteiger partial charge in [-0.3, -0.25) is 9.59 Å². The van der Waals surface area contributed by atoms with Crippen molar-refractivity contribution >= 4 is 40.9 Å². The van der Waals surface area contributed by atoms with Gasteiger partial charge in [0.15, 0.2) is 5.16 Å². The monoisotopic (exact) mass is 562 g/mol. The van der Waals surface area contributed by atoms with Crippen molar-refractivity contribution in [3.8, 4) is 0 Å². The molecule has 1 N–H and O–H groups in total. The van der Waals surface area contributed by atoms with Gasteiger partial charge in [0.05, 0.1) is 5.41 Å². The molecule has 204 valence electrons. The molecule has 0 unspecified atom stereocenters. The first kappa shape index (κ1) is 27.7. The van der Waals surface area contributed by atoms with Crippen molar-refractivity contribution in [2.45, 2.75) is 74.2 Å². The van der Waals surface area contributed by atoms with E-state index in [9.17, 15) is 9.59 Å². The number of carbonyl (C=O) groups is 2. The Kier molecular flexibility index (Phi) is 8.88. The summed E-state index contributed by atoms with van der Waals surface area (Å²) < 4.78 is 0. The third-order valence-corrected chi connectivity index (χ3v) is 9.21. The van der Waals surface area contributed by atoms with Gasteiger partial charge < -0.3 is 10.2 Å². The van der Waals surface area contributed by atoms with Crippen LogP contribution >= 0.6 is 23.4 Å². The van der Waals surface area contributed by atoms with E-state index >= 15 is 0 Å². The zero-order valence-corrected chi connectivity index (χ0v) is 23.9. The number of piperidine rings is 1. The van der Waals surface area contributed by atoms with E-state index in [1.165, 1.54) is 31.0 Å². The van der Waals surface area contributed by atoms with Gasteiger partial charge in [0.2, 0.25) is 0 Å². The van der Waals surface area contributed by atoms with Gasteiger partial charge >= 0.3 is 0 Å². The Morgan fingerprint density at radius 1 is 1.00 bits per heavy atom. The molecule has 2 aliphatic rings. The van der Waals surface area contributed by atoms with Gasteiger partial charge in [-0.25, -0.2) is 9.97 Å². The van der Waals surface area contributed by atoms with E-state index in [1.807, 2.05) is 42.5 Å². The molecule has 39 heavy (non-hydrogen) atoms. The molecule has 2 fully saturated rings. The third kappa shape index (κ3) is 6.64. The fourth-order valence-electron chi connectivity index (χ4n) is 5.80. The summed E-state index contributed by atoms with van der Waals surface area (Å²) >= 11 is 7.92. The highest BCUT2D eigenvalue weighted by atomic mass is 35.5. The minimum atomic E-state index is -0.458. The lowest BCUT2D eigenvalue weighted by atomic mass is 9.70. The van der Waals surface area contributed by atoms with Crippen LogP contribution in [0.2, 0.25) is 5.15 Å². The molecule has 2 heterocycles. The summed E-state index contributed by atoms with van der Waals surface area (Å²) in [5, 5.41) is 4.19. The molecule has 1 saturated carbocycles. The maximum Gasteiger partial charge on any atom is 0.251 e. The lowest BCUT2D eigenvalue weighted by Gasteiger charge is -2.41. The second-order valence-corrected chi connectivity index (χ2v) is 12.0. The number of amides is 1. The predicted molar refractivity (Wildman–Crippen MR) is 158 cm³/mol. The summed E-state index contributed by atoms with van der Waals surface area (Å²) in [5.74, 6) is 1.62. The topological polar surface area (TPSA) is 75.2 Å². The van der Waals surface area contributed by atoms with E-state index in [-0.39, 0.29) is 17.7 Å². The molecule has 1 aliphatic heterocycles. The predicted octanol–water partition coefficient (Wildman–Crippen LogP) is 6.61. The van der Waals surface area contributed by atoms with E-state index in [2.05, 4.69) is 27.3 Å². The standard InChI is InChI=1S/C31H35ClN4O2S/c1-22(37)31(25-11-4-2-5-12-25)15-17-36(18-16-31)28-20-27(32)34-30(35-28)39-21-23-9-8-10-24(19-23)29(38)33-26-13-6-3-7-14-26/h2,4-5,8-12,19-20,26H,3,6-7,13-18,21H2,1H3,(H,33,38). The zero-order chi connectivity index (χ0) is 27.2. The lowest BCUT2D eigenvalue weighted by molar-refractivity contribution is -0.123. The number of rotatable bonds is 8. The van der Waals surface area contributed by atoms with Crippen LogP contribution in [-0.4, -0.2) is 40.8 Å². The molecule has 0 atom stereocenters. The van der Waals surface area contributed by atoms with Crippen molar-refractivity contribution in [1.29, 1.82) is 0 Å². The maximum absolute atomic E-state index is 12.8. The number of hydrogen-bond acceptors (Lipinski definition) is 6. The van der Waals surface area contributed by atoms with E-state index < -0.39 is 5.41 Å². The summed E-state index contributed by atoms with van der Waals surface area (Å²) in [6.07, 6.45) is 7.22. The Bertz CT molecular complexity index is 1300. The molecule has 1 aromatic heterocycles. The summed E-state index contributed by atoms with van der Waals surface area (Å²) in [7, 11) is 0. The quantitative estimate of drug-likeness (QED) is 0.189. The van der Waals surface area contributed by atoms with Crippen LogP contribution < -0.4 is 10.2 Å². The molecule has 1 amide bonds. The molecular weight excluding hydrogens is 528 g/mol. The fourth-order valence-corrected chi connectivity index (χ4v) is 6.82. The highest BCUT2D eigenvalue weighted by Gasteiger charge is 2.40. The molecule has 0 bridgehead atoms. The molecule has 3 aromatic rings. The average Bonchev–Trinajstić information content (AvgIpc) is 2.97. The Morgan fingerprint density at radius 3 is 2.46 bits per heavy atom. The first-order valence-corrected chi connectivity index (χ1v) is 15.2. The molecule has 2 aromatic carbocycles. The van der Waals surface area contributed by atoms with Crippen LogP contribution in [0.3, 0.4) is 0 Å². The number of ketones is 1. The number of carbonyl (C=O) groups excluding carboxylic acids is 2. The Hall–Kier alpha value is -2.90. The van der Waals surface area contributed by atoms with Crippen molar-refractivity contribution in [1.82, 2.24) is 15.3 Å². The van der Waals surface area contributed by atoms with Crippen molar-refractivity contribution in [3.63, 3.8) is 0 Å². The summed E-state index contributed by atoms with van der Waals surface area (Å²) in [5.41, 5.74) is 2.35. The van der Waals surface area contributed by atoms with Gasteiger partial charge in [-0.2, -0.15) is 0 Å². The Balaban J connectivity index is 1.23. The smallest absolute Gasteiger partial charge is 0.251 e. The number of nitrogens with zero attached hydrogens (tertiary/aromatic N) is 3. The zero-order valence-electron chi connectivity index (χ0n) is 22.4. The number of thioether (sulfide) groups is 1. The molecule has 6 nitrogen and oxygen atoms in total. The van der Waals surface area contributed by atoms with Gasteiger partial charge in [-0.15, -0.1) is 0 Å². The number of halogens is 1. The molecular formula is C31H35ClN4O2S. The Labute approximate surface area is 240 Å². The largest absolute Gasteiger partial charge is 0.356 e. The fraction of sp³-hybridized carbons (Fsp3) is 0.419. The van der Waals surface area contributed by atoms with Crippen LogP contribution in [0.25, 0.3) is 0 Å². The Morgan fingerprint density at radius 2 is 1.74 bits per heavy atom. The van der Waals surface area contributed by atoms with Crippen molar-refractivity contribution < 1.29 is 9.59 Å². The minimum absolute atomic E-state index is 0.00252. The molecule has 1 aliphatic carbocycles. The summed E-state index contributed by atoms with van der Waals surface area (Å²) in [4.78, 5) is 37.0. The van der Waals surface area contributed by atoms with Crippen LogP contribution in [0, 0.1) is 0 Å². The van der Waals surface area contributed by atoms with Crippen LogP contribution in [0.5, 0.6) is 0 Å². The van der Waals surface area contributed by atoms with Crippen molar-refractivity contribution in [3.05, 3.63) is 82.5 Å². The van der Waals surface area contributed by atoms with E-state index in [0.29, 0.717) is 34.7 Å². The first-order valence-electron chi connectivity index (χ1n) is 13.8. The van der Waals surface area contributed by atoms with Crippen molar-refractivity contribution in [2.75, 3.05) is 18.0 Å². The van der Waals surface area contributed by atoms with Crippen LogP contribution in [-0.2, 0) is 16.0 Å². The van der Waals surface area contributed by atoms with Gasteiger partial charge in [-0.1, -0.05) is 85.1 Å². The van der Waals surface area contributed by atoms with Gasteiger partial charge in [-0.05, 0) is 55.9 Å².